The summed E-state index contributed by atoms with van der Waals surface area (Å²) in [5.74, 6) is -3.04. The minimum Gasteiger partial charge on any atom is -0.356 e. The maximum absolute atomic E-state index is 14.7. The van der Waals surface area contributed by atoms with Gasteiger partial charge in [-0.3, -0.25) is 4.79 Å². The van der Waals surface area contributed by atoms with E-state index in [0.29, 0.717) is 19.4 Å². The lowest BCUT2D eigenvalue weighted by Crippen LogP contribution is -2.42. The molecule has 1 unspecified atom stereocenters. The fourth-order valence-electron chi connectivity index (χ4n) is 7.44. The van der Waals surface area contributed by atoms with Crippen LogP contribution in [0.15, 0.2) is 24.3 Å². The molecular weight excluding hydrogens is 476 g/mol. The molecule has 1 spiro atoms. The third-order valence-electron chi connectivity index (χ3n) is 10.1. The zero-order chi connectivity index (χ0) is 25.2. The summed E-state index contributed by atoms with van der Waals surface area (Å²) in [4.78, 5) is 18.9. The molecule has 3 aliphatic heterocycles. The van der Waals surface area contributed by atoms with E-state index in [2.05, 4.69) is 10.3 Å². The van der Waals surface area contributed by atoms with E-state index >= 15 is 0 Å². The highest BCUT2D eigenvalue weighted by Crippen LogP contribution is 2.70. The van der Waals surface area contributed by atoms with Gasteiger partial charge in [-0.05, 0) is 57.0 Å². The van der Waals surface area contributed by atoms with E-state index in [-0.39, 0.29) is 17.6 Å². The van der Waals surface area contributed by atoms with Crippen LogP contribution in [0.2, 0.25) is 0 Å². The smallest absolute Gasteiger partial charge is 0.258 e. The van der Waals surface area contributed by atoms with Crippen LogP contribution in [-0.4, -0.2) is 52.8 Å². The number of hydrogen-bond donors (Lipinski definition) is 2. The van der Waals surface area contributed by atoms with Gasteiger partial charge in [-0.2, -0.15) is 5.10 Å². The number of rotatable bonds is 3. The van der Waals surface area contributed by atoms with Gasteiger partial charge >= 0.3 is 0 Å². The van der Waals surface area contributed by atoms with Gasteiger partial charge in [-0.15, -0.1) is 0 Å². The first-order valence-electron chi connectivity index (χ1n) is 13.6. The Morgan fingerprint density at radius 2 is 1.97 bits per heavy atom. The number of fused-ring (bicyclic) bond motifs is 3. The molecule has 3 atom stereocenters. The lowest BCUT2D eigenvalue weighted by molar-refractivity contribution is -0.126. The second kappa shape index (κ2) is 7.20. The lowest BCUT2D eigenvalue weighted by Gasteiger charge is -2.32. The number of benzene rings is 1. The van der Waals surface area contributed by atoms with Gasteiger partial charge in [0.2, 0.25) is 5.91 Å². The van der Waals surface area contributed by atoms with E-state index in [4.69, 9.17) is 9.84 Å². The van der Waals surface area contributed by atoms with Crippen LogP contribution in [0.3, 0.4) is 0 Å². The zero-order valence-electron chi connectivity index (χ0n) is 20.9. The molecule has 5 aliphatic rings. The summed E-state index contributed by atoms with van der Waals surface area (Å²) in [6, 6.07) is 8.15. The van der Waals surface area contributed by atoms with Gasteiger partial charge in [0.25, 0.3) is 5.92 Å². The number of carbonyl (C=O) groups excluding carboxylic acids is 1. The first kappa shape index (κ1) is 22.2. The molecule has 7 nitrogen and oxygen atoms in total. The average Bonchev–Trinajstić information content (AvgIpc) is 3.32. The third kappa shape index (κ3) is 2.87. The number of halogens is 2. The van der Waals surface area contributed by atoms with Crippen molar-refractivity contribution in [3.8, 4) is 11.4 Å². The molecule has 1 aromatic carbocycles. The topological polar surface area (TPSA) is 75.2 Å². The van der Waals surface area contributed by atoms with Gasteiger partial charge in [-0.25, -0.2) is 13.5 Å². The monoisotopic (exact) mass is 507 g/mol. The van der Waals surface area contributed by atoms with Gasteiger partial charge < -0.3 is 19.9 Å². The highest BCUT2D eigenvalue weighted by atomic mass is 19.3. The van der Waals surface area contributed by atoms with Gasteiger partial charge in [0.15, 0.2) is 6.23 Å². The standard InChI is InChI=1S/C28H31F2N5O2/c1-26-15-21-18(14-22(26)28(26,29)30)24(33-35(21)23-4-11-37-23)20-12-16-2-3-17(13-19(16)32-20)34-10-7-27(25(34)36)5-8-31-9-6-27/h2-3,12-13,22-23,31-32H,4-11,14-15H2,1H3/t22-,23?,26+/m0/s1. The van der Waals surface area contributed by atoms with Crippen molar-refractivity contribution in [3.63, 3.8) is 0 Å². The van der Waals surface area contributed by atoms with Crippen LogP contribution in [-0.2, 0) is 22.4 Å². The van der Waals surface area contributed by atoms with E-state index in [1.54, 1.807) is 6.92 Å². The Bertz CT molecular complexity index is 1450. The molecule has 2 aliphatic carbocycles. The maximum Gasteiger partial charge on any atom is 0.258 e. The van der Waals surface area contributed by atoms with Gasteiger partial charge in [-0.1, -0.05) is 13.0 Å². The second-order valence-corrected chi connectivity index (χ2v) is 12.0. The minimum atomic E-state index is -2.64. The summed E-state index contributed by atoms with van der Waals surface area (Å²) >= 11 is 0. The number of hydrogen-bond acceptors (Lipinski definition) is 4. The highest BCUT2D eigenvalue weighted by Gasteiger charge is 2.78. The molecule has 194 valence electrons. The van der Waals surface area contributed by atoms with Crippen LogP contribution in [0.25, 0.3) is 22.3 Å². The fraction of sp³-hybridized carbons (Fsp3) is 0.571. The Balaban J connectivity index is 1.16. The van der Waals surface area contributed by atoms with E-state index < -0.39 is 17.3 Å². The van der Waals surface area contributed by atoms with Crippen molar-refractivity contribution in [2.75, 3.05) is 31.1 Å². The van der Waals surface area contributed by atoms with Crippen LogP contribution >= 0.6 is 0 Å². The zero-order valence-corrected chi connectivity index (χ0v) is 20.9. The van der Waals surface area contributed by atoms with Crippen molar-refractivity contribution < 1.29 is 18.3 Å². The lowest BCUT2D eigenvalue weighted by atomic mass is 9.78. The van der Waals surface area contributed by atoms with E-state index in [1.807, 2.05) is 33.8 Å². The molecule has 3 saturated heterocycles. The van der Waals surface area contributed by atoms with Gasteiger partial charge in [0.05, 0.1) is 17.7 Å². The van der Waals surface area contributed by atoms with Crippen molar-refractivity contribution in [1.82, 2.24) is 20.1 Å². The highest BCUT2D eigenvalue weighted by molar-refractivity contribution is 6.01. The SMILES string of the molecule is C[C@@]12Cc3c(c(-c4cc5ccc(N6CCC7(CCNCC7)C6=O)cc5[nH]4)nn3C3CCO3)C[C@@H]1C2(F)F. The summed E-state index contributed by atoms with van der Waals surface area (Å²) in [5.41, 5.74) is 4.01. The number of nitrogens with zero attached hydrogens (tertiary/aromatic N) is 3. The summed E-state index contributed by atoms with van der Waals surface area (Å²) in [7, 11) is 0. The number of piperidine rings is 1. The number of ether oxygens (including phenoxy) is 1. The Hall–Kier alpha value is -2.78. The number of nitrogens with one attached hydrogen (secondary N) is 2. The molecule has 2 N–H and O–H groups in total. The molecule has 0 radical (unpaired) electrons. The molecule has 5 heterocycles. The van der Waals surface area contributed by atoms with Crippen molar-refractivity contribution in [2.45, 2.75) is 57.6 Å². The van der Waals surface area contributed by atoms with Crippen molar-refractivity contribution in [2.24, 2.45) is 16.7 Å². The van der Waals surface area contributed by atoms with E-state index in [0.717, 1.165) is 84.6 Å². The quantitative estimate of drug-likeness (QED) is 0.550. The average molecular weight is 508 g/mol. The Kier molecular flexibility index (Phi) is 4.32. The number of carbonyl (C=O) groups is 1. The maximum atomic E-state index is 14.7. The molecule has 2 aromatic heterocycles. The molecule has 9 heteroatoms. The Morgan fingerprint density at radius 3 is 2.73 bits per heavy atom. The predicted molar refractivity (Wildman–Crippen MR) is 135 cm³/mol. The minimum absolute atomic E-state index is 0.172. The first-order valence-corrected chi connectivity index (χ1v) is 13.6. The van der Waals surface area contributed by atoms with Gasteiger partial charge in [0.1, 0.15) is 5.69 Å². The molecule has 1 saturated carbocycles. The van der Waals surface area contributed by atoms with Crippen LogP contribution in [0.1, 0.15) is 50.1 Å². The van der Waals surface area contributed by atoms with Crippen LogP contribution in [0.4, 0.5) is 14.5 Å². The Morgan fingerprint density at radius 1 is 1.16 bits per heavy atom. The van der Waals surface area contributed by atoms with Crippen LogP contribution in [0, 0.1) is 16.7 Å². The Labute approximate surface area is 213 Å². The molecule has 0 bridgehead atoms. The summed E-state index contributed by atoms with van der Waals surface area (Å²) < 4.78 is 37.0. The van der Waals surface area contributed by atoms with Crippen molar-refractivity contribution >= 4 is 22.5 Å². The molecule has 4 fully saturated rings. The van der Waals surface area contributed by atoms with Gasteiger partial charge in [0, 0.05) is 58.6 Å². The largest absolute Gasteiger partial charge is 0.356 e. The number of amides is 1. The molecule has 37 heavy (non-hydrogen) atoms. The summed E-state index contributed by atoms with van der Waals surface area (Å²) in [6.07, 6.45) is 4.03. The van der Waals surface area contributed by atoms with Crippen LogP contribution in [0.5, 0.6) is 0 Å². The van der Waals surface area contributed by atoms with Crippen molar-refractivity contribution in [3.05, 3.63) is 35.5 Å². The normalized spacial score (nSPS) is 31.4. The molecule has 8 rings (SSSR count). The molecule has 1 amide bonds. The molecule has 3 aromatic rings. The number of alkyl halides is 2. The third-order valence-corrected chi connectivity index (χ3v) is 10.1. The number of H-pyrrole nitrogens is 1. The number of anilines is 1. The summed E-state index contributed by atoms with van der Waals surface area (Å²) in [6.45, 7) is 4.91. The predicted octanol–water partition coefficient (Wildman–Crippen LogP) is 4.43. The van der Waals surface area contributed by atoms with Crippen molar-refractivity contribution in [1.29, 1.82) is 0 Å². The fourth-order valence-corrected chi connectivity index (χ4v) is 7.44. The first-order chi connectivity index (χ1) is 17.8. The number of aromatic amines is 1. The van der Waals surface area contributed by atoms with E-state index in [9.17, 15) is 13.6 Å². The summed E-state index contributed by atoms with van der Waals surface area (Å²) in [5, 5.41) is 9.31. The van der Waals surface area contributed by atoms with E-state index in [1.165, 1.54) is 0 Å². The second-order valence-electron chi connectivity index (χ2n) is 12.0. The molecular formula is C28H31F2N5O2. The van der Waals surface area contributed by atoms with Crippen LogP contribution < -0.4 is 10.2 Å². The number of aromatic nitrogens is 3.